The lowest BCUT2D eigenvalue weighted by molar-refractivity contribution is -0.144. The zero-order chi connectivity index (χ0) is 50.8. The monoisotopic (exact) mass is 1090 g/mol. The van der Waals surface area contributed by atoms with E-state index in [2.05, 4.69) is 231 Å². The highest BCUT2D eigenvalue weighted by Gasteiger charge is 2.53. The van der Waals surface area contributed by atoms with Crippen molar-refractivity contribution in [3.8, 4) is 0 Å². The lowest BCUT2D eigenvalue weighted by Crippen LogP contribution is -2.68. The topological polar surface area (TPSA) is 97.1 Å². The van der Waals surface area contributed by atoms with Crippen molar-refractivity contribution in [1.29, 1.82) is 0 Å². The molecular weight excluding hydrogens is 1010 g/mol. The molecular formula is C60H76INO6Si2. The average molecular weight is 1090 g/mol. The Balaban J connectivity index is 1.72. The number of primary amides is 1. The summed E-state index contributed by atoms with van der Waals surface area (Å²) >= 11 is 2.22. The van der Waals surface area contributed by atoms with Crippen LogP contribution < -0.4 is 26.5 Å². The minimum Gasteiger partial charge on any atom is -0.458 e. The van der Waals surface area contributed by atoms with Crippen molar-refractivity contribution in [2.45, 2.75) is 135 Å². The summed E-state index contributed by atoms with van der Waals surface area (Å²) in [4.78, 5) is 26.6. The van der Waals surface area contributed by atoms with Gasteiger partial charge < -0.3 is 24.1 Å². The van der Waals surface area contributed by atoms with Gasteiger partial charge in [0.2, 0.25) is 0 Å². The summed E-state index contributed by atoms with van der Waals surface area (Å²) in [6, 6.07) is 42.3. The molecule has 0 saturated heterocycles. The zero-order valence-electron chi connectivity index (χ0n) is 42.9. The van der Waals surface area contributed by atoms with Gasteiger partial charge in [-0.25, -0.2) is 9.59 Å². The Labute approximate surface area is 435 Å². The lowest BCUT2D eigenvalue weighted by Gasteiger charge is -2.46. The molecule has 5 rings (SSSR count). The number of rotatable bonds is 12. The Morgan fingerprint density at radius 3 is 1.71 bits per heavy atom. The van der Waals surface area contributed by atoms with Gasteiger partial charge in [-0.2, -0.15) is 0 Å². The molecule has 2 N–H and O–H groups in total. The first-order chi connectivity index (χ1) is 33.4. The number of ether oxygens (including phenoxy) is 2. The third kappa shape index (κ3) is 15.1. The molecule has 0 saturated carbocycles. The first kappa shape index (κ1) is 56.1. The van der Waals surface area contributed by atoms with Gasteiger partial charge in [-0.3, -0.25) is 0 Å². The van der Waals surface area contributed by atoms with Crippen molar-refractivity contribution in [3.05, 3.63) is 191 Å². The number of carbonyl (C=O) groups excluding carboxylic acids is 2. The van der Waals surface area contributed by atoms with Crippen LogP contribution >= 0.6 is 22.6 Å². The normalized spacial score (nSPS) is 22.5. The van der Waals surface area contributed by atoms with Crippen LogP contribution in [-0.2, 0) is 23.1 Å². The van der Waals surface area contributed by atoms with Crippen LogP contribution in [0.3, 0.4) is 0 Å². The molecule has 70 heavy (non-hydrogen) atoms. The maximum absolute atomic E-state index is 13.5. The van der Waals surface area contributed by atoms with E-state index in [-0.39, 0.29) is 28.1 Å². The Bertz CT molecular complexity index is 2360. The quantitative estimate of drug-likeness (QED) is 0.0499. The predicted molar refractivity (Wildman–Crippen MR) is 304 cm³/mol. The van der Waals surface area contributed by atoms with Crippen LogP contribution in [0.1, 0.15) is 101 Å². The second-order valence-electron chi connectivity index (χ2n) is 20.5. The van der Waals surface area contributed by atoms with Gasteiger partial charge in [0.1, 0.15) is 18.3 Å². The summed E-state index contributed by atoms with van der Waals surface area (Å²) in [6.45, 7) is 19.8. The average Bonchev–Trinajstić information content (AvgIpc) is 3.32. The molecule has 1 heterocycles. The van der Waals surface area contributed by atoms with Gasteiger partial charge in [0.05, 0.1) is 6.10 Å². The summed E-state index contributed by atoms with van der Waals surface area (Å²) in [5.74, 6) is -0.380. The fourth-order valence-corrected chi connectivity index (χ4v) is 19.6. The fraction of sp³-hybridized carbons (Fsp3) is 0.367. The van der Waals surface area contributed by atoms with Gasteiger partial charge in [-0.1, -0.05) is 252 Å². The molecule has 1 amide bonds. The molecule has 0 radical (unpaired) electrons. The van der Waals surface area contributed by atoms with Crippen LogP contribution in [0, 0.1) is 5.92 Å². The molecule has 0 aliphatic carbocycles. The molecule has 1 aliphatic heterocycles. The van der Waals surface area contributed by atoms with E-state index in [1.54, 1.807) is 6.08 Å². The number of allylic oxidation sites excluding steroid dienone is 6. The summed E-state index contributed by atoms with van der Waals surface area (Å²) in [6.07, 6.45) is 18.6. The van der Waals surface area contributed by atoms with Gasteiger partial charge in [0.15, 0.2) is 0 Å². The second-order valence-corrected chi connectivity index (χ2v) is 29.7. The lowest BCUT2D eigenvalue weighted by atomic mass is 9.95. The second kappa shape index (κ2) is 26.6. The van der Waals surface area contributed by atoms with Crippen molar-refractivity contribution in [1.82, 2.24) is 0 Å². The predicted octanol–water partition coefficient (Wildman–Crippen LogP) is 12.8. The molecule has 5 atom stereocenters. The van der Waals surface area contributed by atoms with Gasteiger partial charge in [-0.05, 0) is 80.9 Å². The maximum atomic E-state index is 13.5. The van der Waals surface area contributed by atoms with E-state index in [9.17, 15) is 9.59 Å². The first-order valence-electron chi connectivity index (χ1n) is 24.8. The molecule has 4 aromatic rings. The number of hydrogen-bond acceptors (Lipinski definition) is 6. The van der Waals surface area contributed by atoms with Gasteiger partial charge in [0, 0.05) is 18.4 Å². The highest BCUT2D eigenvalue weighted by Crippen LogP contribution is 2.40. The molecule has 0 aromatic heterocycles. The molecule has 372 valence electrons. The molecule has 0 bridgehead atoms. The van der Waals surface area contributed by atoms with Crippen LogP contribution in [0.15, 0.2) is 191 Å². The highest BCUT2D eigenvalue weighted by molar-refractivity contribution is 14.1. The van der Waals surface area contributed by atoms with Crippen molar-refractivity contribution in [3.63, 3.8) is 0 Å². The molecule has 7 nitrogen and oxygen atoms in total. The molecule has 0 fully saturated rings. The van der Waals surface area contributed by atoms with E-state index in [4.69, 9.17) is 24.1 Å². The molecule has 1 unspecified atom stereocenters. The minimum atomic E-state index is -3.23. The Morgan fingerprint density at radius 1 is 0.743 bits per heavy atom. The van der Waals surface area contributed by atoms with Crippen LogP contribution in [0.25, 0.3) is 0 Å². The van der Waals surface area contributed by atoms with E-state index in [0.717, 1.165) is 27.9 Å². The molecule has 10 heteroatoms. The number of amides is 1. The standard InChI is InChI=1S/C60H76INO6Si2/c1-46-28-16-10-26-38-54(66-58(62)64)55(68-70(60(7,8)9,52-34-22-14-23-35-52)53-36-24-15-25-37-53)41-40-49(29-17-11-27-39-57(63)65-56(45-46)48(3)44-47(2)42-43-61)67-69(59(4,5)6,50-30-18-12-19-31-50)51-32-20-13-21-33-51/h10,12-16,18-25,27-28,30-37,39-44,48-49,54-56H,11,17,26,29,38,45H2,1-9H3,(H2,62,64)/b16-10+,39-27+,41-40+,43-42+,46-28+,47-44+/t48-,49+,54+,55?,56-/m1/s1. The fourth-order valence-electron chi connectivity index (χ4n) is 9.71. The van der Waals surface area contributed by atoms with E-state index in [1.165, 1.54) is 10.4 Å². The number of benzene rings is 4. The van der Waals surface area contributed by atoms with Crippen LogP contribution in [0.4, 0.5) is 4.79 Å². The van der Waals surface area contributed by atoms with E-state index in [1.807, 2.05) is 28.4 Å². The first-order valence-corrected chi connectivity index (χ1v) is 29.8. The number of halogens is 1. The molecule has 1 aliphatic rings. The third-order valence-corrected chi connectivity index (χ3v) is 23.6. The SMILES string of the molecule is CC(/C=C/I)=C\[C@@H](C)[C@H]1C/C(C)=C/C=C/CC[C@H](OC(N)=O)C(O[Si](c2ccccc2)(c2ccccc2)C(C)(C)C)/C=C/[C@@H](O[Si](c2ccccc2)(c2ccccc2)C(C)(C)C)CCC/C=C/C(=O)O1. The van der Waals surface area contributed by atoms with Gasteiger partial charge in [-0.15, -0.1) is 0 Å². The molecule has 0 spiro atoms. The van der Waals surface area contributed by atoms with Gasteiger partial charge >= 0.3 is 12.1 Å². The van der Waals surface area contributed by atoms with E-state index < -0.39 is 41.0 Å². The van der Waals surface area contributed by atoms with Crippen molar-refractivity contribution < 1.29 is 27.9 Å². The Hall–Kier alpha value is -4.86. The highest BCUT2D eigenvalue weighted by atomic mass is 127. The summed E-state index contributed by atoms with van der Waals surface area (Å²) < 4.78 is 30.1. The summed E-state index contributed by atoms with van der Waals surface area (Å²) in [5.41, 5.74) is 8.17. The number of hydrogen-bond donors (Lipinski definition) is 1. The maximum Gasteiger partial charge on any atom is 0.404 e. The number of nitrogens with two attached hydrogens (primary N) is 1. The zero-order valence-corrected chi connectivity index (χ0v) is 47.0. The largest absolute Gasteiger partial charge is 0.458 e. The smallest absolute Gasteiger partial charge is 0.404 e. The Kier molecular flexibility index (Phi) is 21.3. The van der Waals surface area contributed by atoms with Gasteiger partial charge in [0.25, 0.3) is 16.6 Å². The van der Waals surface area contributed by atoms with Crippen LogP contribution in [0.5, 0.6) is 0 Å². The van der Waals surface area contributed by atoms with E-state index in [0.29, 0.717) is 32.1 Å². The van der Waals surface area contributed by atoms with Crippen LogP contribution in [-0.4, -0.2) is 53.1 Å². The van der Waals surface area contributed by atoms with Crippen LogP contribution in [0.2, 0.25) is 10.1 Å². The molecule has 4 aromatic carbocycles. The number of cyclic esters (lactones) is 1. The summed E-state index contributed by atoms with van der Waals surface area (Å²) in [5, 5.41) is 3.88. The van der Waals surface area contributed by atoms with Crippen molar-refractivity contribution in [2.75, 3.05) is 0 Å². The Morgan fingerprint density at radius 2 is 1.24 bits per heavy atom. The van der Waals surface area contributed by atoms with Crippen molar-refractivity contribution >= 4 is 72.0 Å². The third-order valence-electron chi connectivity index (χ3n) is 13.1. The number of carbonyl (C=O) groups is 2. The summed E-state index contributed by atoms with van der Waals surface area (Å²) in [7, 11) is -6.32. The number of esters is 1. The minimum absolute atomic E-state index is 0.0273. The van der Waals surface area contributed by atoms with Crippen molar-refractivity contribution in [2.24, 2.45) is 11.7 Å². The van der Waals surface area contributed by atoms with E-state index >= 15 is 0 Å².